The lowest BCUT2D eigenvalue weighted by atomic mass is 10.00. The van der Waals surface area contributed by atoms with Crippen molar-refractivity contribution in [2.45, 2.75) is 19.4 Å². The Morgan fingerprint density at radius 1 is 1.53 bits per heavy atom. The van der Waals surface area contributed by atoms with Gasteiger partial charge in [-0.15, -0.1) is 5.10 Å². The van der Waals surface area contributed by atoms with Crippen LogP contribution in [0, 0.1) is 5.92 Å². The summed E-state index contributed by atoms with van der Waals surface area (Å²) in [5, 5.41) is 20.5. The number of rotatable bonds is 7. The number of hydrogen-bond acceptors (Lipinski definition) is 7. The van der Waals surface area contributed by atoms with E-state index in [2.05, 4.69) is 20.4 Å². The Bertz CT molecular complexity index is 372. The molecule has 0 amide bonds. The third-order valence-electron chi connectivity index (χ3n) is 3.26. The predicted octanol–water partition coefficient (Wildman–Crippen LogP) is 0.0143. The predicted molar refractivity (Wildman–Crippen MR) is 69.9 cm³/mol. The molecule has 2 rings (SSSR count). The van der Waals surface area contributed by atoms with E-state index in [9.17, 15) is 5.11 Å². The van der Waals surface area contributed by atoms with Crippen LogP contribution in [0.4, 0.5) is 6.01 Å². The van der Waals surface area contributed by atoms with Crippen LogP contribution in [-0.2, 0) is 11.3 Å². The van der Waals surface area contributed by atoms with Crippen LogP contribution in [0.25, 0.3) is 0 Å². The number of anilines is 1. The number of hydrogen-bond donors (Lipinski definition) is 2. The lowest BCUT2D eigenvalue weighted by Crippen LogP contribution is -2.37. The highest BCUT2D eigenvalue weighted by Gasteiger charge is 2.23. The van der Waals surface area contributed by atoms with Crippen molar-refractivity contribution in [3.63, 3.8) is 0 Å². The molecule has 108 valence electrons. The van der Waals surface area contributed by atoms with Gasteiger partial charge >= 0.3 is 6.01 Å². The number of aliphatic hydroxyl groups excluding tert-OH is 1. The number of methoxy groups -OCH3 is 1. The molecular formula is C12H22N4O3. The Kier molecular flexibility index (Phi) is 5.56. The average molecular weight is 270 g/mol. The summed E-state index contributed by atoms with van der Waals surface area (Å²) in [5.74, 6) is 0.890. The van der Waals surface area contributed by atoms with Gasteiger partial charge in [0.2, 0.25) is 5.89 Å². The molecule has 7 nitrogen and oxygen atoms in total. The summed E-state index contributed by atoms with van der Waals surface area (Å²) in [4.78, 5) is 2.05. The molecule has 7 heteroatoms. The molecule has 1 fully saturated rings. The molecular weight excluding hydrogens is 248 g/mol. The lowest BCUT2D eigenvalue weighted by Gasteiger charge is -2.30. The quantitative estimate of drug-likeness (QED) is 0.675. The molecule has 1 aliphatic heterocycles. The summed E-state index contributed by atoms with van der Waals surface area (Å²) in [6.45, 7) is 3.88. The van der Waals surface area contributed by atoms with Gasteiger partial charge in [0.15, 0.2) is 0 Å². The summed E-state index contributed by atoms with van der Waals surface area (Å²) in [5.41, 5.74) is 0. The van der Waals surface area contributed by atoms with E-state index < -0.39 is 0 Å². The Balaban J connectivity index is 1.82. The lowest BCUT2D eigenvalue weighted by molar-refractivity contribution is 0.198. The molecule has 19 heavy (non-hydrogen) atoms. The normalized spacial score (nSPS) is 19.9. The minimum absolute atomic E-state index is 0.218. The Morgan fingerprint density at radius 2 is 2.42 bits per heavy atom. The van der Waals surface area contributed by atoms with E-state index in [1.165, 1.54) is 0 Å². The number of nitrogens with zero attached hydrogens (tertiary/aromatic N) is 3. The van der Waals surface area contributed by atoms with Gasteiger partial charge in [-0.05, 0) is 18.8 Å². The van der Waals surface area contributed by atoms with Crippen LogP contribution in [0.15, 0.2) is 4.42 Å². The Morgan fingerprint density at radius 3 is 3.21 bits per heavy atom. The van der Waals surface area contributed by atoms with Gasteiger partial charge in [0.25, 0.3) is 0 Å². The van der Waals surface area contributed by atoms with Crippen LogP contribution in [0.1, 0.15) is 18.7 Å². The summed E-state index contributed by atoms with van der Waals surface area (Å²) in [6.07, 6.45) is 2.11. The van der Waals surface area contributed by atoms with Crippen LogP contribution in [-0.4, -0.2) is 55.3 Å². The second-order valence-corrected chi connectivity index (χ2v) is 4.78. The SMILES string of the molecule is COCCNCc1nnc(N2CCCC(CO)C2)o1. The molecule has 0 aliphatic carbocycles. The first-order chi connectivity index (χ1) is 9.33. The van der Waals surface area contributed by atoms with Crippen LogP contribution < -0.4 is 10.2 Å². The number of piperidine rings is 1. The van der Waals surface area contributed by atoms with Gasteiger partial charge < -0.3 is 24.5 Å². The highest BCUT2D eigenvalue weighted by Crippen LogP contribution is 2.21. The van der Waals surface area contributed by atoms with Gasteiger partial charge in [0.1, 0.15) is 0 Å². The van der Waals surface area contributed by atoms with Crippen LogP contribution in [0.3, 0.4) is 0 Å². The molecule has 1 saturated heterocycles. The monoisotopic (exact) mass is 270 g/mol. The average Bonchev–Trinajstić information content (AvgIpc) is 2.92. The summed E-state index contributed by atoms with van der Waals surface area (Å²) >= 11 is 0. The van der Waals surface area contributed by atoms with Crippen molar-refractivity contribution < 1.29 is 14.3 Å². The van der Waals surface area contributed by atoms with Crippen molar-refractivity contribution >= 4 is 6.01 Å². The van der Waals surface area contributed by atoms with E-state index in [1.54, 1.807) is 7.11 Å². The van der Waals surface area contributed by atoms with Gasteiger partial charge in [-0.2, -0.15) is 0 Å². The number of aromatic nitrogens is 2. The zero-order valence-corrected chi connectivity index (χ0v) is 11.3. The Labute approximate surface area is 112 Å². The first kappa shape index (κ1) is 14.2. The maximum atomic E-state index is 9.21. The molecule has 0 bridgehead atoms. The number of ether oxygens (including phenoxy) is 1. The van der Waals surface area contributed by atoms with E-state index in [4.69, 9.17) is 9.15 Å². The van der Waals surface area contributed by atoms with Gasteiger partial charge in [-0.25, -0.2) is 0 Å². The summed E-state index contributed by atoms with van der Waals surface area (Å²) in [6, 6.07) is 0.557. The van der Waals surface area contributed by atoms with E-state index in [0.717, 1.165) is 32.5 Å². The zero-order chi connectivity index (χ0) is 13.5. The summed E-state index contributed by atoms with van der Waals surface area (Å²) in [7, 11) is 1.67. The zero-order valence-electron chi connectivity index (χ0n) is 11.3. The van der Waals surface area contributed by atoms with Gasteiger partial charge in [0, 0.05) is 33.4 Å². The molecule has 1 aromatic heterocycles. The molecule has 0 aromatic carbocycles. The van der Waals surface area contributed by atoms with Crippen LogP contribution in [0.2, 0.25) is 0 Å². The highest BCUT2D eigenvalue weighted by atomic mass is 16.5. The smallest absolute Gasteiger partial charge is 0.318 e. The van der Waals surface area contributed by atoms with Crippen molar-refractivity contribution in [2.75, 3.05) is 44.9 Å². The maximum absolute atomic E-state index is 9.21. The molecule has 0 radical (unpaired) electrons. The highest BCUT2D eigenvalue weighted by molar-refractivity contribution is 5.25. The fraction of sp³-hybridized carbons (Fsp3) is 0.833. The minimum atomic E-state index is 0.218. The van der Waals surface area contributed by atoms with Crippen molar-refractivity contribution in [3.8, 4) is 0 Å². The van der Waals surface area contributed by atoms with E-state index in [1.807, 2.05) is 0 Å². The van der Waals surface area contributed by atoms with Crippen LogP contribution in [0.5, 0.6) is 0 Å². The third kappa shape index (κ3) is 4.15. The molecule has 1 unspecified atom stereocenters. The molecule has 1 atom stereocenters. The van der Waals surface area contributed by atoms with Crippen molar-refractivity contribution in [2.24, 2.45) is 5.92 Å². The second-order valence-electron chi connectivity index (χ2n) is 4.78. The molecule has 0 saturated carbocycles. The minimum Gasteiger partial charge on any atom is -0.407 e. The van der Waals surface area contributed by atoms with E-state index >= 15 is 0 Å². The Hall–Kier alpha value is -1.18. The fourth-order valence-corrected chi connectivity index (χ4v) is 2.20. The van der Waals surface area contributed by atoms with E-state index in [-0.39, 0.29) is 6.61 Å². The largest absolute Gasteiger partial charge is 0.407 e. The van der Waals surface area contributed by atoms with Crippen LogP contribution >= 0.6 is 0 Å². The third-order valence-corrected chi connectivity index (χ3v) is 3.26. The summed E-state index contributed by atoms with van der Waals surface area (Å²) < 4.78 is 10.6. The number of aliphatic hydroxyl groups is 1. The van der Waals surface area contributed by atoms with E-state index in [0.29, 0.717) is 31.0 Å². The second kappa shape index (κ2) is 7.42. The topological polar surface area (TPSA) is 83.7 Å². The van der Waals surface area contributed by atoms with Gasteiger partial charge in [-0.3, -0.25) is 0 Å². The van der Waals surface area contributed by atoms with Gasteiger partial charge in [-0.1, -0.05) is 5.10 Å². The first-order valence-electron chi connectivity index (χ1n) is 6.71. The van der Waals surface area contributed by atoms with Gasteiger partial charge in [0.05, 0.1) is 13.2 Å². The molecule has 1 aromatic rings. The van der Waals surface area contributed by atoms with Crippen molar-refractivity contribution in [3.05, 3.63) is 5.89 Å². The van der Waals surface area contributed by atoms with Crippen molar-refractivity contribution in [1.82, 2.24) is 15.5 Å². The molecule has 2 N–H and O–H groups in total. The first-order valence-corrected chi connectivity index (χ1v) is 6.71. The standard InChI is InChI=1S/C12H22N4O3/c1-18-6-4-13-7-11-14-15-12(19-11)16-5-2-3-10(8-16)9-17/h10,13,17H,2-9H2,1H3. The number of nitrogens with one attached hydrogen (secondary N) is 1. The fourth-order valence-electron chi connectivity index (χ4n) is 2.20. The molecule has 1 aliphatic rings. The molecule has 2 heterocycles. The maximum Gasteiger partial charge on any atom is 0.318 e. The van der Waals surface area contributed by atoms with Crippen molar-refractivity contribution in [1.29, 1.82) is 0 Å². The molecule has 0 spiro atoms.